The molecule has 2 heterocycles. The summed E-state index contributed by atoms with van der Waals surface area (Å²) >= 11 is 5.90. The fourth-order valence-electron chi connectivity index (χ4n) is 2.44. The Bertz CT molecular complexity index is 720. The second-order valence-electron chi connectivity index (χ2n) is 5.37. The molecule has 0 amide bonds. The van der Waals surface area contributed by atoms with Crippen LogP contribution in [0.15, 0.2) is 30.6 Å². The molecule has 0 radical (unpaired) electrons. The third-order valence-electron chi connectivity index (χ3n) is 3.72. The average Bonchev–Trinajstić information content (AvgIpc) is 2.61. The van der Waals surface area contributed by atoms with Gasteiger partial charge in [0, 0.05) is 23.7 Å². The molecule has 0 saturated carbocycles. The standard InChI is InChI=1S/C16H15ClF3N3O2/c17-14-3-1-2-13(16(18,19)20)12(14)10-25-11-8-21-15(22-9-11)23-4-6-24-7-5-23/h1-3,8-9H,4-7,10H2. The Kier molecular flexibility index (Phi) is 5.29. The zero-order valence-electron chi connectivity index (χ0n) is 13.1. The monoisotopic (exact) mass is 373 g/mol. The average molecular weight is 374 g/mol. The van der Waals surface area contributed by atoms with Crippen LogP contribution in [0.25, 0.3) is 0 Å². The van der Waals surface area contributed by atoms with Gasteiger partial charge < -0.3 is 14.4 Å². The number of benzene rings is 1. The molecule has 0 unspecified atom stereocenters. The largest absolute Gasteiger partial charge is 0.486 e. The number of alkyl halides is 3. The van der Waals surface area contributed by atoms with E-state index in [4.69, 9.17) is 21.1 Å². The normalized spacial score (nSPS) is 15.3. The number of morpholine rings is 1. The van der Waals surface area contributed by atoms with Crippen molar-refractivity contribution < 1.29 is 22.6 Å². The Hall–Kier alpha value is -2.06. The Morgan fingerprint density at radius 1 is 1.16 bits per heavy atom. The van der Waals surface area contributed by atoms with Gasteiger partial charge in [-0.25, -0.2) is 9.97 Å². The van der Waals surface area contributed by atoms with Crippen LogP contribution in [0.5, 0.6) is 5.75 Å². The maximum atomic E-state index is 13.1. The minimum Gasteiger partial charge on any atom is -0.486 e. The molecule has 1 aromatic heterocycles. The van der Waals surface area contributed by atoms with Crippen molar-refractivity contribution in [1.29, 1.82) is 0 Å². The lowest BCUT2D eigenvalue weighted by molar-refractivity contribution is -0.138. The highest BCUT2D eigenvalue weighted by atomic mass is 35.5. The van der Waals surface area contributed by atoms with Crippen LogP contribution in [0, 0.1) is 0 Å². The van der Waals surface area contributed by atoms with Crippen molar-refractivity contribution >= 4 is 17.5 Å². The Balaban J connectivity index is 1.70. The zero-order valence-corrected chi connectivity index (χ0v) is 13.8. The summed E-state index contributed by atoms with van der Waals surface area (Å²) in [6.07, 6.45) is -1.63. The van der Waals surface area contributed by atoms with Gasteiger partial charge in [0.2, 0.25) is 5.95 Å². The molecule has 1 aromatic carbocycles. The van der Waals surface area contributed by atoms with Crippen molar-refractivity contribution in [3.63, 3.8) is 0 Å². The minimum absolute atomic E-state index is 0.000630. The molecule has 0 aliphatic carbocycles. The fraction of sp³-hybridized carbons (Fsp3) is 0.375. The molecule has 1 aliphatic heterocycles. The molecule has 1 aliphatic rings. The van der Waals surface area contributed by atoms with Crippen LogP contribution >= 0.6 is 11.6 Å². The molecule has 0 atom stereocenters. The minimum atomic E-state index is -4.50. The molecule has 2 aromatic rings. The molecule has 1 saturated heterocycles. The Morgan fingerprint density at radius 2 is 1.84 bits per heavy atom. The van der Waals surface area contributed by atoms with Crippen molar-refractivity contribution in [2.75, 3.05) is 31.2 Å². The van der Waals surface area contributed by atoms with Gasteiger partial charge in [-0.05, 0) is 12.1 Å². The van der Waals surface area contributed by atoms with Gasteiger partial charge in [0.15, 0.2) is 5.75 Å². The van der Waals surface area contributed by atoms with Crippen molar-refractivity contribution in [3.05, 3.63) is 46.7 Å². The fourth-order valence-corrected chi connectivity index (χ4v) is 2.67. The summed E-state index contributed by atoms with van der Waals surface area (Å²) in [4.78, 5) is 10.3. The topological polar surface area (TPSA) is 47.5 Å². The third-order valence-corrected chi connectivity index (χ3v) is 4.07. The van der Waals surface area contributed by atoms with Crippen LogP contribution in [0.4, 0.5) is 19.1 Å². The molecule has 1 fully saturated rings. The number of rotatable bonds is 4. The molecule has 0 N–H and O–H groups in total. The van der Waals surface area contributed by atoms with Crippen molar-refractivity contribution in [2.24, 2.45) is 0 Å². The Morgan fingerprint density at radius 3 is 2.48 bits per heavy atom. The van der Waals surface area contributed by atoms with E-state index in [1.54, 1.807) is 0 Å². The quantitative estimate of drug-likeness (QED) is 0.820. The van der Waals surface area contributed by atoms with Gasteiger partial charge in [-0.3, -0.25) is 0 Å². The van der Waals surface area contributed by atoms with Gasteiger partial charge >= 0.3 is 6.18 Å². The number of hydrogen-bond donors (Lipinski definition) is 0. The molecule has 3 rings (SSSR count). The van der Waals surface area contributed by atoms with Crippen molar-refractivity contribution in [1.82, 2.24) is 9.97 Å². The first-order chi connectivity index (χ1) is 11.9. The smallest absolute Gasteiger partial charge is 0.416 e. The second kappa shape index (κ2) is 7.45. The number of ether oxygens (including phenoxy) is 2. The number of anilines is 1. The van der Waals surface area contributed by atoms with E-state index in [0.29, 0.717) is 32.3 Å². The molecular formula is C16H15ClF3N3O2. The second-order valence-corrected chi connectivity index (χ2v) is 5.78. The van der Waals surface area contributed by atoms with Gasteiger partial charge in [0.05, 0.1) is 31.2 Å². The first kappa shape index (κ1) is 17.8. The highest BCUT2D eigenvalue weighted by Crippen LogP contribution is 2.35. The van der Waals surface area contributed by atoms with Crippen LogP contribution in [-0.2, 0) is 17.5 Å². The van der Waals surface area contributed by atoms with E-state index in [0.717, 1.165) is 6.07 Å². The zero-order chi connectivity index (χ0) is 17.9. The van der Waals surface area contributed by atoms with Crippen molar-refractivity contribution in [3.8, 4) is 5.75 Å². The van der Waals surface area contributed by atoms with Gasteiger partial charge in [-0.15, -0.1) is 0 Å². The lowest BCUT2D eigenvalue weighted by Gasteiger charge is -2.26. The summed E-state index contributed by atoms with van der Waals surface area (Å²) in [5.74, 6) is 0.800. The molecule has 5 nitrogen and oxygen atoms in total. The molecule has 0 spiro atoms. The maximum absolute atomic E-state index is 13.1. The van der Waals surface area contributed by atoms with E-state index in [1.807, 2.05) is 4.90 Å². The van der Waals surface area contributed by atoms with E-state index < -0.39 is 11.7 Å². The first-order valence-electron chi connectivity index (χ1n) is 7.57. The van der Waals surface area contributed by atoms with Crippen LogP contribution in [-0.4, -0.2) is 36.3 Å². The SMILES string of the molecule is FC(F)(F)c1cccc(Cl)c1COc1cnc(N2CCOCC2)nc1. The summed E-state index contributed by atoms with van der Waals surface area (Å²) in [5.41, 5.74) is -0.931. The summed E-state index contributed by atoms with van der Waals surface area (Å²) in [6, 6.07) is 3.63. The third kappa shape index (κ3) is 4.32. The summed E-state index contributed by atoms with van der Waals surface area (Å²) in [5, 5.41) is 0.000630. The lowest BCUT2D eigenvalue weighted by atomic mass is 10.1. The molecular weight excluding hydrogens is 359 g/mol. The highest BCUT2D eigenvalue weighted by molar-refractivity contribution is 6.31. The number of aromatic nitrogens is 2. The molecule has 134 valence electrons. The predicted molar refractivity (Wildman–Crippen MR) is 85.9 cm³/mol. The first-order valence-corrected chi connectivity index (χ1v) is 7.95. The molecule has 25 heavy (non-hydrogen) atoms. The predicted octanol–water partition coefficient (Wildman–Crippen LogP) is 3.56. The lowest BCUT2D eigenvalue weighted by Crippen LogP contribution is -2.37. The van der Waals surface area contributed by atoms with Gasteiger partial charge in [0.1, 0.15) is 6.61 Å². The van der Waals surface area contributed by atoms with E-state index >= 15 is 0 Å². The summed E-state index contributed by atoms with van der Waals surface area (Å²) in [7, 11) is 0. The molecule has 9 heteroatoms. The van der Waals surface area contributed by atoms with Crippen LogP contribution in [0.1, 0.15) is 11.1 Å². The van der Waals surface area contributed by atoms with Crippen LogP contribution in [0.2, 0.25) is 5.02 Å². The number of hydrogen-bond acceptors (Lipinski definition) is 5. The maximum Gasteiger partial charge on any atom is 0.416 e. The van der Waals surface area contributed by atoms with E-state index in [-0.39, 0.29) is 22.9 Å². The summed E-state index contributed by atoms with van der Waals surface area (Å²) in [6.45, 7) is 2.26. The van der Waals surface area contributed by atoms with E-state index in [2.05, 4.69) is 9.97 Å². The Labute approximate surface area is 147 Å². The van der Waals surface area contributed by atoms with Crippen LogP contribution in [0.3, 0.4) is 0 Å². The van der Waals surface area contributed by atoms with E-state index in [1.165, 1.54) is 24.5 Å². The van der Waals surface area contributed by atoms with E-state index in [9.17, 15) is 13.2 Å². The van der Waals surface area contributed by atoms with Crippen LogP contribution < -0.4 is 9.64 Å². The highest BCUT2D eigenvalue weighted by Gasteiger charge is 2.34. The number of nitrogens with zero attached hydrogens (tertiary/aromatic N) is 3. The van der Waals surface area contributed by atoms with Gasteiger partial charge in [-0.2, -0.15) is 13.2 Å². The molecule has 0 bridgehead atoms. The van der Waals surface area contributed by atoms with Gasteiger partial charge in [-0.1, -0.05) is 17.7 Å². The van der Waals surface area contributed by atoms with Gasteiger partial charge in [0.25, 0.3) is 0 Å². The number of halogens is 4. The van der Waals surface area contributed by atoms with Crippen molar-refractivity contribution in [2.45, 2.75) is 12.8 Å². The summed E-state index contributed by atoms with van der Waals surface area (Å²) < 4.78 is 49.8.